The molecule has 0 unspecified atom stereocenters. The monoisotopic (exact) mass is 696 g/mol. The summed E-state index contributed by atoms with van der Waals surface area (Å²) in [6.45, 7) is 0. The van der Waals surface area contributed by atoms with E-state index in [1.165, 1.54) is 14.2 Å². The Morgan fingerprint density at radius 1 is 0.310 bits per heavy atom. The lowest BCUT2D eigenvalue weighted by Crippen LogP contribution is -2.61. The molecule has 0 aliphatic heterocycles. The van der Waals surface area contributed by atoms with E-state index < -0.39 is 73.3 Å². The molecule has 30 heteroatoms. The first-order chi connectivity index (χ1) is 17.7. The van der Waals surface area contributed by atoms with Crippen LogP contribution in [0.5, 0.6) is 0 Å². The van der Waals surface area contributed by atoms with Gasteiger partial charge in [0.2, 0.25) is 0 Å². The Bertz CT molecular complexity index is 969. The molecule has 0 rings (SSSR count). The van der Waals surface area contributed by atoms with Gasteiger partial charge in [-0.05, 0) is 0 Å². The molecular weight excluding hydrogens is 696 g/mol. The van der Waals surface area contributed by atoms with Gasteiger partial charge in [-0.25, -0.2) is 23.7 Å². The van der Waals surface area contributed by atoms with Crippen LogP contribution < -0.4 is 0 Å². The molecule has 0 N–H and O–H groups in total. The van der Waals surface area contributed by atoms with Gasteiger partial charge in [0, 0.05) is 0 Å². The fourth-order valence-electron chi connectivity index (χ4n) is 1.38. The maximum atomic E-state index is 13.2. The molecule has 252 valence electrons. The van der Waals surface area contributed by atoms with Gasteiger partial charge < -0.3 is 0 Å². The van der Waals surface area contributed by atoms with Crippen LogP contribution in [0.1, 0.15) is 0 Å². The van der Waals surface area contributed by atoms with Crippen molar-refractivity contribution < 1.29 is 134 Å². The van der Waals surface area contributed by atoms with Gasteiger partial charge in [0.15, 0.2) is 0 Å². The Labute approximate surface area is 208 Å². The topological polar surface area (TPSA) is 63.2 Å². The second-order valence-electron chi connectivity index (χ2n) is 6.45. The summed E-state index contributed by atoms with van der Waals surface area (Å²) in [5.41, 5.74) is 0. The molecule has 0 amide bonds. The molecule has 0 aromatic heterocycles. The zero-order valence-electron chi connectivity index (χ0n) is 17.5. The molecule has 0 aliphatic carbocycles. The Morgan fingerprint density at radius 2 is 0.476 bits per heavy atom. The summed E-state index contributed by atoms with van der Waals surface area (Å²) in [4.78, 5) is 9.63. The van der Waals surface area contributed by atoms with E-state index in [-0.39, 0.29) is 0 Å². The predicted molar refractivity (Wildman–Crippen MR) is 67.1 cm³/mol. The van der Waals surface area contributed by atoms with Gasteiger partial charge >= 0.3 is 73.3 Å². The van der Waals surface area contributed by atoms with Crippen molar-refractivity contribution in [2.45, 2.75) is 67.3 Å². The molecule has 6 nitrogen and oxygen atoms in total. The van der Waals surface area contributed by atoms with Crippen molar-refractivity contribution in [1.82, 2.24) is 0 Å². The van der Waals surface area contributed by atoms with Crippen LogP contribution in [0.4, 0.5) is 105 Å². The van der Waals surface area contributed by atoms with Gasteiger partial charge in [-0.1, -0.05) is 0 Å². The van der Waals surface area contributed by atoms with E-state index in [4.69, 9.17) is 0 Å². The summed E-state index contributed by atoms with van der Waals surface area (Å²) in [5, 5.41) is 0. The Balaban J connectivity index is 6.17. The van der Waals surface area contributed by atoms with Crippen LogP contribution in [-0.2, 0) is 28.5 Å². The highest BCUT2D eigenvalue weighted by Gasteiger charge is 2.79. The number of rotatable bonds is 15. The summed E-state index contributed by atoms with van der Waals surface area (Å²) in [7, 11) is 0. The third kappa shape index (κ3) is 8.24. The van der Waals surface area contributed by atoms with E-state index >= 15 is 0 Å². The van der Waals surface area contributed by atoms with Crippen molar-refractivity contribution in [3.05, 3.63) is 0 Å². The van der Waals surface area contributed by atoms with Gasteiger partial charge in [-0.3, -0.25) is 4.79 Å². The molecule has 0 radical (unpaired) electrons. The van der Waals surface area contributed by atoms with Crippen LogP contribution in [0, 0.1) is 0 Å². The van der Waals surface area contributed by atoms with Crippen molar-refractivity contribution in [1.29, 1.82) is 0 Å². The minimum atomic E-state index is -8.11. The number of ether oxygens (including phenoxy) is 5. The molecule has 0 spiro atoms. The Hall–Kier alpha value is -2.21. The largest absolute Gasteiger partial charge is 0.483 e. The maximum Gasteiger partial charge on any atom is 0.483 e. The zero-order chi connectivity index (χ0) is 34.6. The van der Waals surface area contributed by atoms with Gasteiger partial charge in [0.1, 0.15) is 0 Å². The standard InChI is InChI=1S/C12F24O6/c13-1(37)2(14,15)38-5(21,22)6(23,24)40-9(29,30)10(31,32)42-12(35,36)11(33,34)41-8(27,28)7(25,26)39-4(19,20)3(16,17)18. The minimum Gasteiger partial charge on any atom is -0.251 e. The lowest BCUT2D eigenvalue weighted by atomic mass is 10.4. The lowest BCUT2D eigenvalue weighted by molar-refractivity contribution is -0.589. The molecule has 0 aromatic carbocycles. The summed E-state index contributed by atoms with van der Waals surface area (Å²) >= 11 is 0. The second kappa shape index (κ2) is 10.7. The highest BCUT2D eigenvalue weighted by atomic mass is 19.4. The molecular formula is C12F24O6. The lowest BCUT2D eigenvalue weighted by Gasteiger charge is -2.36. The van der Waals surface area contributed by atoms with Gasteiger partial charge in [0.25, 0.3) is 0 Å². The van der Waals surface area contributed by atoms with Crippen LogP contribution in [-0.4, -0.2) is 73.3 Å². The highest BCUT2D eigenvalue weighted by molar-refractivity contribution is 5.74. The molecule has 0 heterocycles. The molecule has 42 heavy (non-hydrogen) atoms. The fraction of sp³-hybridized carbons (Fsp3) is 0.917. The van der Waals surface area contributed by atoms with Gasteiger partial charge in [-0.15, -0.1) is 0 Å². The smallest absolute Gasteiger partial charge is 0.251 e. The van der Waals surface area contributed by atoms with Gasteiger partial charge in [-0.2, -0.15) is 105 Å². The average molecular weight is 696 g/mol. The second-order valence-corrected chi connectivity index (χ2v) is 6.45. The third-order valence-electron chi connectivity index (χ3n) is 3.20. The molecule has 0 aliphatic rings. The van der Waals surface area contributed by atoms with E-state index in [1.54, 1.807) is 0 Å². The number of hydrogen-bond acceptors (Lipinski definition) is 6. The number of halogens is 24. The molecule has 0 aromatic rings. The van der Waals surface area contributed by atoms with Crippen LogP contribution in [0.25, 0.3) is 0 Å². The van der Waals surface area contributed by atoms with E-state index in [0.29, 0.717) is 0 Å². The van der Waals surface area contributed by atoms with Crippen molar-refractivity contribution in [2.24, 2.45) is 0 Å². The fourth-order valence-corrected chi connectivity index (χ4v) is 1.38. The summed E-state index contributed by atoms with van der Waals surface area (Å²) in [6.07, 6.45) is -85.0. The van der Waals surface area contributed by atoms with Crippen molar-refractivity contribution in [2.75, 3.05) is 0 Å². The summed E-state index contributed by atoms with van der Waals surface area (Å²) in [5.74, 6) is 0. The normalized spacial score (nSPS) is 16.2. The SMILES string of the molecule is O=C(F)C(F)(F)OC(F)(F)C(F)(F)OC(F)(F)C(F)(F)OC(F)(F)C(F)(F)OC(F)(F)C(F)(F)OC(F)(F)C(F)(F)F. The van der Waals surface area contributed by atoms with E-state index in [9.17, 15) is 110 Å². The molecule has 0 atom stereocenters. The Kier molecular flexibility index (Phi) is 10.2. The molecule has 0 saturated carbocycles. The molecule has 0 fully saturated rings. The van der Waals surface area contributed by atoms with Crippen LogP contribution in [0.2, 0.25) is 0 Å². The summed E-state index contributed by atoms with van der Waals surface area (Å²) < 4.78 is 312. The van der Waals surface area contributed by atoms with Crippen LogP contribution in [0.15, 0.2) is 0 Å². The van der Waals surface area contributed by atoms with Crippen LogP contribution in [0.3, 0.4) is 0 Å². The zero-order valence-corrected chi connectivity index (χ0v) is 17.5. The van der Waals surface area contributed by atoms with Gasteiger partial charge in [0.05, 0.1) is 0 Å². The van der Waals surface area contributed by atoms with Crippen molar-refractivity contribution in [3.8, 4) is 0 Å². The number of carbonyl (C=O) groups excluding carboxylic acids is 1. The first-order valence-electron chi connectivity index (χ1n) is 8.28. The number of carbonyl (C=O) groups is 1. The Morgan fingerprint density at radius 3 is 0.643 bits per heavy atom. The first-order valence-corrected chi connectivity index (χ1v) is 8.28. The molecule has 0 saturated heterocycles. The number of hydrogen-bond donors (Lipinski definition) is 0. The van der Waals surface area contributed by atoms with Crippen LogP contribution >= 0.6 is 0 Å². The highest BCUT2D eigenvalue weighted by Crippen LogP contribution is 2.53. The average Bonchev–Trinajstić information content (AvgIpc) is 2.62. The van der Waals surface area contributed by atoms with E-state index in [2.05, 4.69) is 0 Å². The summed E-state index contributed by atoms with van der Waals surface area (Å²) in [6, 6.07) is -4.41. The van der Waals surface area contributed by atoms with E-state index in [1.807, 2.05) is 0 Å². The molecule has 0 bridgehead atoms. The quantitative estimate of drug-likeness (QED) is 0.135. The van der Waals surface area contributed by atoms with Crippen molar-refractivity contribution in [3.63, 3.8) is 0 Å². The third-order valence-corrected chi connectivity index (χ3v) is 3.20. The minimum absolute atomic E-state index is 1.12. The first kappa shape index (κ1) is 39.8. The predicted octanol–water partition coefficient (Wildman–Crippen LogP) is 7.06. The van der Waals surface area contributed by atoms with Crippen molar-refractivity contribution >= 4 is 6.04 Å². The number of alkyl halides is 23. The maximum absolute atomic E-state index is 13.2. The van der Waals surface area contributed by atoms with E-state index in [0.717, 1.165) is 9.47 Å².